The summed E-state index contributed by atoms with van der Waals surface area (Å²) in [5.41, 5.74) is 1.31. The van der Waals surface area contributed by atoms with Gasteiger partial charge in [0.25, 0.3) is 0 Å². The number of ether oxygens (including phenoxy) is 1. The van der Waals surface area contributed by atoms with E-state index in [0.29, 0.717) is 11.6 Å². The van der Waals surface area contributed by atoms with E-state index in [1.54, 1.807) is 12.1 Å². The van der Waals surface area contributed by atoms with Gasteiger partial charge < -0.3 is 14.7 Å². The predicted molar refractivity (Wildman–Crippen MR) is 84.1 cm³/mol. The second-order valence-electron chi connectivity index (χ2n) is 5.54. The van der Waals surface area contributed by atoms with Gasteiger partial charge in [0.15, 0.2) is 0 Å². The average molecular weight is 355 g/mol. The van der Waals surface area contributed by atoms with Crippen LogP contribution in [0.25, 0.3) is 0 Å². The Kier molecular flexibility index (Phi) is 4.47. The number of halogens is 1. The minimum atomic E-state index is -0.888. The van der Waals surface area contributed by atoms with Crippen LogP contribution in [0.15, 0.2) is 22.7 Å². The van der Waals surface area contributed by atoms with Crippen LogP contribution in [0, 0.1) is 0 Å². The Morgan fingerprint density at radius 1 is 1.24 bits per heavy atom. The van der Waals surface area contributed by atoms with Gasteiger partial charge in [-0.3, -0.25) is 4.90 Å². The molecule has 2 heterocycles. The first-order valence-electron chi connectivity index (χ1n) is 7.24. The summed E-state index contributed by atoms with van der Waals surface area (Å²) < 4.78 is 6.21. The average Bonchev–Trinajstić information content (AvgIpc) is 2.97. The van der Waals surface area contributed by atoms with Gasteiger partial charge in [-0.15, -0.1) is 0 Å². The van der Waals surface area contributed by atoms with Gasteiger partial charge in [0.1, 0.15) is 0 Å². The minimum absolute atomic E-state index is 0.328. The molecule has 0 radical (unpaired) electrons. The van der Waals surface area contributed by atoms with Crippen molar-refractivity contribution in [2.75, 3.05) is 44.3 Å². The largest absolute Gasteiger partial charge is 0.478 e. The fourth-order valence-electron chi connectivity index (χ4n) is 3.10. The van der Waals surface area contributed by atoms with Gasteiger partial charge in [-0.25, -0.2) is 4.79 Å². The first-order valence-corrected chi connectivity index (χ1v) is 8.03. The zero-order valence-corrected chi connectivity index (χ0v) is 13.4. The number of hydrogen-bond acceptors (Lipinski definition) is 4. The molecule has 1 aromatic carbocycles. The van der Waals surface area contributed by atoms with E-state index in [1.165, 1.54) is 0 Å². The monoisotopic (exact) mass is 354 g/mol. The molecule has 2 aliphatic heterocycles. The molecule has 0 saturated carbocycles. The SMILES string of the molecule is O=C(O)c1cc(Br)cc(N2CCC(N3CCOCC3)C2)c1. The molecule has 1 unspecified atom stereocenters. The Balaban J connectivity index is 1.72. The van der Waals surface area contributed by atoms with Crippen LogP contribution in [0.5, 0.6) is 0 Å². The van der Waals surface area contributed by atoms with E-state index in [2.05, 4.69) is 25.7 Å². The van der Waals surface area contributed by atoms with E-state index < -0.39 is 5.97 Å². The lowest BCUT2D eigenvalue weighted by Gasteiger charge is -2.32. The van der Waals surface area contributed by atoms with Gasteiger partial charge in [0.05, 0.1) is 18.8 Å². The second kappa shape index (κ2) is 6.34. The summed E-state index contributed by atoms with van der Waals surface area (Å²) in [6.45, 7) is 5.55. The van der Waals surface area contributed by atoms with Crippen LogP contribution in [-0.2, 0) is 4.74 Å². The number of hydrogen-bond donors (Lipinski definition) is 1. The molecule has 0 spiro atoms. The van der Waals surface area contributed by atoms with E-state index in [0.717, 1.165) is 56.0 Å². The van der Waals surface area contributed by atoms with E-state index >= 15 is 0 Å². The first-order chi connectivity index (χ1) is 10.1. The molecule has 0 aliphatic carbocycles. The summed E-state index contributed by atoms with van der Waals surface area (Å²) in [4.78, 5) is 15.9. The molecule has 2 fully saturated rings. The molecule has 5 nitrogen and oxygen atoms in total. The number of aromatic carboxylic acids is 1. The number of carboxylic acids is 1. The van der Waals surface area contributed by atoms with E-state index in [4.69, 9.17) is 4.74 Å². The Hall–Kier alpha value is -1.11. The van der Waals surface area contributed by atoms with E-state index in [1.807, 2.05) is 6.07 Å². The van der Waals surface area contributed by atoms with Crippen molar-refractivity contribution in [2.45, 2.75) is 12.5 Å². The molecule has 2 aliphatic rings. The zero-order chi connectivity index (χ0) is 14.8. The molecule has 6 heteroatoms. The van der Waals surface area contributed by atoms with Crippen molar-refractivity contribution in [3.8, 4) is 0 Å². The number of nitrogens with zero attached hydrogens (tertiary/aromatic N) is 2. The van der Waals surface area contributed by atoms with Crippen LogP contribution in [0.1, 0.15) is 16.8 Å². The molecule has 21 heavy (non-hydrogen) atoms. The van der Waals surface area contributed by atoms with Crippen molar-refractivity contribution in [3.63, 3.8) is 0 Å². The van der Waals surface area contributed by atoms with Crippen LogP contribution < -0.4 is 4.90 Å². The maximum absolute atomic E-state index is 11.2. The van der Waals surface area contributed by atoms with Crippen LogP contribution in [0.4, 0.5) is 5.69 Å². The summed E-state index contributed by atoms with van der Waals surface area (Å²) in [5.74, 6) is -0.888. The molecular weight excluding hydrogens is 336 g/mol. The lowest BCUT2D eigenvalue weighted by molar-refractivity contribution is 0.0209. The fraction of sp³-hybridized carbons (Fsp3) is 0.533. The predicted octanol–water partition coefficient (Wildman–Crippen LogP) is 2.06. The standard InChI is InChI=1S/C15H19BrN2O3/c16-12-7-11(15(19)20)8-14(9-12)18-2-1-13(10-18)17-3-5-21-6-4-17/h7-9,13H,1-6,10H2,(H,19,20). The molecule has 2 saturated heterocycles. The maximum atomic E-state index is 11.2. The van der Waals surface area contributed by atoms with E-state index in [-0.39, 0.29) is 0 Å². The smallest absolute Gasteiger partial charge is 0.335 e. The number of benzene rings is 1. The number of anilines is 1. The second-order valence-corrected chi connectivity index (χ2v) is 6.46. The van der Waals surface area contributed by atoms with Gasteiger partial charge in [-0.05, 0) is 24.6 Å². The fourth-order valence-corrected chi connectivity index (χ4v) is 3.58. The van der Waals surface area contributed by atoms with E-state index in [9.17, 15) is 9.90 Å². The normalized spacial score (nSPS) is 23.5. The molecule has 1 aromatic rings. The third-order valence-corrected chi connectivity index (χ3v) is 4.68. The number of carbonyl (C=O) groups is 1. The highest BCUT2D eigenvalue weighted by molar-refractivity contribution is 9.10. The summed E-state index contributed by atoms with van der Waals surface area (Å²) >= 11 is 3.40. The summed E-state index contributed by atoms with van der Waals surface area (Å²) in [7, 11) is 0. The van der Waals surface area contributed by atoms with Crippen LogP contribution in [0.2, 0.25) is 0 Å². The summed E-state index contributed by atoms with van der Waals surface area (Å²) in [5, 5.41) is 9.17. The first kappa shape index (κ1) is 14.8. The van der Waals surface area contributed by atoms with Crippen molar-refractivity contribution in [2.24, 2.45) is 0 Å². The van der Waals surface area contributed by atoms with Gasteiger partial charge in [0.2, 0.25) is 0 Å². The Labute approximate surface area is 132 Å². The highest BCUT2D eigenvalue weighted by Gasteiger charge is 2.29. The third-order valence-electron chi connectivity index (χ3n) is 4.22. The molecule has 0 bridgehead atoms. The quantitative estimate of drug-likeness (QED) is 0.900. The lowest BCUT2D eigenvalue weighted by Crippen LogP contribution is -2.44. The Morgan fingerprint density at radius 3 is 2.71 bits per heavy atom. The molecule has 114 valence electrons. The van der Waals surface area contributed by atoms with Crippen LogP contribution >= 0.6 is 15.9 Å². The van der Waals surface area contributed by atoms with Crippen molar-refractivity contribution in [3.05, 3.63) is 28.2 Å². The molecular formula is C15H19BrN2O3. The van der Waals surface area contributed by atoms with Gasteiger partial charge in [0, 0.05) is 42.4 Å². The highest BCUT2D eigenvalue weighted by atomic mass is 79.9. The van der Waals surface area contributed by atoms with Crippen molar-refractivity contribution in [1.29, 1.82) is 0 Å². The molecule has 0 amide bonds. The van der Waals surface area contributed by atoms with Gasteiger partial charge in [-0.1, -0.05) is 15.9 Å². The number of morpholine rings is 1. The molecule has 1 N–H and O–H groups in total. The number of carboxylic acid groups (broad SMARTS) is 1. The molecule has 1 atom stereocenters. The zero-order valence-electron chi connectivity index (χ0n) is 11.8. The lowest BCUT2D eigenvalue weighted by atomic mass is 10.2. The van der Waals surface area contributed by atoms with Crippen LogP contribution in [0.3, 0.4) is 0 Å². The molecule has 3 rings (SSSR count). The maximum Gasteiger partial charge on any atom is 0.335 e. The third kappa shape index (κ3) is 3.39. The van der Waals surface area contributed by atoms with Crippen LogP contribution in [-0.4, -0.2) is 61.4 Å². The van der Waals surface area contributed by atoms with Gasteiger partial charge in [-0.2, -0.15) is 0 Å². The van der Waals surface area contributed by atoms with Crippen molar-refractivity contribution >= 4 is 27.6 Å². The highest BCUT2D eigenvalue weighted by Crippen LogP contribution is 2.27. The topological polar surface area (TPSA) is 53.0 Å². The minimum Gasteiger partial charge on any atom is -0.478 e. The Morgan fingerprint density at radius 2 is 2.00 bits per heavy atom. The summed E-state index contributed by atoms with van der Waals surface area (Å²) in [6, 6.07) is 5.94. The Bertz CT molecular complexity index is 532. The van der Waals surface area contributed by atoms with Crippen molar-refractivity contribution in [1.82, 2.24) is 4.90 Å². The van der Waals surface area contributed by atoms with Crippen molar-refractivity contribution < 1.29 is 14.6 Å². The van der Waals surface area contributed by atoms with Gasteiger partial charge >= 0.3 is 5.97 Å². The number of rotatable bonds is 3. The molecule has 0 aromatic heterocycles. The summed E-state index contributed by atoms with van der Waals surface area (Å²) in [6.07, 6.45) is 1.12.